The normalized spacial score (nSPS) is 12.3. The van der Waals surface area contributed by atoms with E-state index in [0.717, 1.165) is 21.5 Å². The van der Waals surface area contributed by atoms with E-state index in [-0.39, 0.29) is 5.54 Å². The third kappa shape index (κ3) is 1.69. The zero-order chi connectivity index (χ0) is 11.2. The van der Waals surface area contributed by atoms with E-state index in [2.05, 4.69) is 41.4 Å². The molecule has 0 saturated carbocycles. The SMILES string of the molecule is Cc1cnc2c(c1)[nH]c(=S)n2C(C)(C)C. The van der Waals surface area contributed by atoms with Crippen LogP contribution < -0.4 is 0 Å². The standard InChI is InChI=1S/C11H15N3S/c1-7-5-8-9(12-6-7)14(10(15)13-8)11(2,3)4/h5-6H,1-4H3,(H,13,15). The zero-order valence-electron chi connectivity index (χ0n) is 9.46. The molecule has 0 aliphatic heterocycles. The van der Waals surface area contributed by atoms with Gasteiger partial charge in [-0.25, -0.2) is 4.98 Å². The highest BCUT2D eigenvalue weighted by Gasteiger charge is 2.18. The zero-order valence-corrected chi connectivity index (χ0v) is 10.3. The molecular formula is C11H15N3S. The Hall–Kier alpha value is -1.16. The summed E-state index contributed by atoms with van der Waals surface area (Å²) in [5, 5.41) is 0. The van der Waals surface area contributed by atoms with E-state index < -0.39 is 0 Å². The van der Waals surface area contributed by atoms with E-state index in [1.807, 2.05) is 13.1 Å². The van der Waals surface area contributed by atoms with E-state index in [0.29, 0.717) is 0 Å². The van der Waals surface area contributed by atoms with Crippen LogP contribution in [0.2, 0.25) is 0 Å². The molecule has 2 aromatic heterocycles. The molecule has 4 heteroatoms. The molecule has 0 atom stereocenters. The predicted molar refractivity (Wildman–Crippen MR) is 64.7 cm³/mol. The van der Waals surface area contributed by atoms with Crippen LogP contribution >= 0.6 is 12.2 Å². The van der Waals surface area contributed by atoms with Crippen LogP contribution in [0.5, 0.6) is 0 Å². The summed E-state index contributed by atoms with van der Waals surface area (Å²) in [6.07, 6.45) is 1.87. The number of aromatic nitrogens is 3. The Morgan fingerprint density at radius 2 is 2.07 bits per heavy atom. The number of hydrogen-bond acceptors (Lipinski definition) is 2. The smallest absolute Gasteiger partial charge is 0.179 e. The van der Waals surface area contributed by atoms with Gasteiger partial charge in [-0.05, 0) is 51.5 Å². The number of rotatable bonds is 0. The lowest BCUT2D eigenvalue weighted by Crippen LogP contribution is -2.22. The molecule has 2 rings (SSSR count). The summed E-state index contributed by atoms with van der Waals surface area (Å²) in [4.78, 5) is 7.62. The molecule has 0 amide bonds. The van der Waals surface area contributed by atoms with Crippen molar-refractivity contribution < 1.29 is 0 Å². The third-order valence-corrected chi connectivity index (χ3v) is 2.62. The van der Waals surface area contributed by atoms with Crippen LogP contribution in [-0.4, -0.2) is 14.5 Å². The van der Waals surface area contributed by atoms with E-state index in [1.54, 1.807) is 0 Å². The van der Waals surface area contributed by atoms with Crippen molar-refractivity contribution in [1.82, 2.24) is 14.5 Å². The van der Waals surface area contributed by atoms with Crippen molar-refractivity contribution in [3.63, 3.8) is 0 Å². The maximum absolute atomic E-state index is 5.31. The van der Waals surface area contributed by atoms with Crippen LogP contribution in [-0.2, 0) is 5.54 Å². The highest BCUT2D eigenvalue weighted by Crippen LogP contribution is 2.21. The minimum Gasteiger partial charge on any atom is -0.329 e. The van der Waals surface area contributed by atoms with Crippen LogP contribution in [0, 0.1) is 11.7 Å². The Morgan fingerprint density at radius 1 is 1.40 bits per heavy atom. The van der Waals surface area contributed by atoms with Crippen molar-refractivity contribution in [2.45, 2.75) is 33.2 Å². The Balaban J connectivity index is 2.86. The van der Waals surface area contributed by atoms with Crippen molar-refractivity contribution in [1.29, 1.82) is 0 Å². The Morgan fingerprint density at radius 3 is 2.67 bits per heavy atom. The first-order valence-corrected chi connectivity index (χ1v) is 5.38. The molecule has 0 spiro atoms. The maximum atomic E-state index is 5.31. The van der Waals surface area contributed by atoms with Crippen molar-refractivity contribution in [3.8, 4) is 0 Å². The summed E-state index contributed by atoms with van der Waals surface area (Å²) in [6.45, 7) is 8.39. The van der Waals surface area contributed by atoms with Crippen LogP contribution in [0.4, 0.5) is 0 Å². The minimum atomic E-state index is -0.0441. The summed E-state index contributed by atoms with van der Waals surface area (Å²) in [5.41, 5.74) is 3.03. The molecule has 2 aromatic rings. The van der Waals surface area contributed by atoms with Crippen molar-refractivity contribution in [3.05, 3.63) is 22.6 Å². The molecule has 0 aliphatic carbocycles. The van der Waals surface area contributed by atoms with Gasteiger partial charge in [0.1, 0.15) is 0 Å². The van der Waals surface area contributed by atoms with E-state index in [9.17, 15) is 0 Å². The Bertz CT molecular complexity index is 557. The number of fused-ring (bicyclic) bond motifs is 1. The lowest BCUT2D eigenvalue weighted by atomic mass is 10.1. The van der Waals surface area contributed by atoms with Crippen molar-refractivity contribution in [2.24, 2.45) is 0 Å². The van der Waals surface area contributed by atoms with E-state index in [1.165, 1.54) is 0 Å². The molecule has 1 N–H and O–H groups in total. The fourth-order valence-electron chi connectivity index (χ4n) is 1.72. The largest absolute Gasteiger partial charge is 0.329 e. The molecule has 3 nitrogen and oxygen atoms in total. The molecule has 0 aromatic carbocycles. The van der Waals surface area contributed by atoms with E-state index in [4.69, 9.17) is 12.2 Å². The van der Waals surface area contributed by atoms with Gasteiger partial charge in [0.25, 0.3) is 0 Å². The summed E-state index contributed by atoms with van der Waals surface area (Å²) in [7, 11) is 0. The first-order valence-electron chi connectivity index (χ1n) is 4.97. The number of imidazole rings is 1. The molecule has 0 saturated heterocycles. The second kappa shape index (κ2) is 3.17. The van der Waals surface area contributed by atoms with Crippen molar-refractivity contribution >= 4 is 23.4 Å². The minimum absolute atomic E-state index is 0.0441. The third-order valence-electron chi connectivity index (χ3n) is 2.33. The molecule has 15 heavy (non-hydrogen) atoms. The van der Waals surface area contributed by atoms with Crippen molar-refractivity contribution in [2.75, 3.05) is 0 Å². The molecule has 2 heterocycles. The summed E-state index contributed by atoms with van der Waals surface area (Å²) in [5.74, 6) is 0. The number of nitrogens with one attached hydrogen (secondary N) is 1. The van der Waals surface area contributed by atoms with Gasteiger partial charge in [-0.15, -0.1) is 0 Å². The van der Waals surface area contributed by atoms with Gasteiger partial charge < -0.3 is 4.98 Å². The van der Waals surface area contributed by atoms with Gasteiger partial charge in [0.15, 0.2) is 10.4 Å². The quantitative estimate of drug-likeness (QED) is 0.693. The number of pyridine rings is 1. The first kappa shape index (κ1) is 10.4. The highest BCUT2D eigenvalue weighted by molar-refractivity contribution is 7.71. The first-order chi connectivity index (χ1) is 6.89. The molecule has 80 valence electrons. The fourth-order valence-corrected chi connectivity index (χ4v) is 2.19. The van der Waals surface area contributed by atoms with Gasteiger partial charge in [0.2, 0.25) is 0 Å². The molecular weight excluding hydrogens is 206 g/mol. The van der Waals surface area contributed by atoms with E-state index >= 15 is 0 Å². The van der Waals surface area contributed by atoms with Gasteiger partial charge in [0, 0.05) is 11.7 Å². The summed E-state index contributed by atoms with van der Waals surface area (Å²) in [6, 6.07) is 2.07. The summed E-state index contributed by atoms with van der Waals surface area (Å²) >= 11 is 5.31. The van der Waals surface area contributed by atoms with Crippen LogP contribution in [0.25, 0.3) is 11.2 Å². The topological polar surface area (TPSA) is 33.6 Å². The van der Waals surface area contributed by atoms with Crippen LogP contribution in [0.1, 0.15) is 26.3 Å². The van der Waals surface area contributed by atoms with Crippen LogP contribution in [0.3, 0.4) is 0 Å². The maximum Gasteiger partial charge on any atom is 0.179 e. The Kier molecular flexibility index (Phi) is 2.19. The number of nitrogens with zero attached hydrogens (tertiary/aromatic N) is 2. The van der Waals surface area contributed by atoms with Gasteiger partial charge in [-0.1, -0.05) is 0 Å². The molecule has 0 unspecified atom stereocenters. The second-order valence-electron chi connectivity index (χ2n) is 4.82. The number of hydrogen-bond donors (Lipinski definition) is 1. The van der Waals surface area contributed by atoms with Gasteiger partial charge in [0.05, 0.1) is 5.52 Å². The lowest BCUT2D eigenvalue weighted by molar-refractivity contribution is 0.401. The predicted octanol–water partition coefficient (Wildman–Crippen LogP) is 3.16. The average Bonchev–Trinajstić information content (AvgIpc) is 2.38. The molecule has 0 bridgehead atoms. The van der Waals surface area contributed by atoms with Gasteiger partial charge in [-0.2, -0.15) is 0 Å². The van der Waals surface area contributed by atoms with Gasteiger partial charge >= 0.3 is 0 Å². The van der Waals surface area contributed by atoms with Gasteiger partial charge in [-0.3, -0.25) is 4.57 Å². The highest BCUT2D eigenvalue weighted by atomic mass is 32.1. The molecule has 0 fully saturated rings. The monoisotopic (exact) mass is 221 g/mol. The summed E-state index contributed by atoms with van der Waals surface area (Å²) < 4.78 is 2.78. The van der Waals surface area contributed by atoms with Crippen LogP contribution in [0.15, 0.2) is 12.3 Å². The number of H-pyrrole nitrogens is 1. The lowest BCUT2D eigenvalue weighted by Gasteiger charge is -2.21. The number of aryl methyl sites for hydroxylation is 1. The number of aromatic amines is 1. The Labute approximate surface area is 94.2 Å². The second-order valence-corrected chi connectivity index (χ2v) is 5.21. The average molecular weight is 221 g/mol. The fraction of sp³-hybridized carbons (Fsp3) is 0.455. The molecule has 0 aliphatic rings. The molecule has 0 radical (unpaired) electrons.